The van der Waals surface area contributed by atoms with Gasteiger partial charge in [0.2, 0.25) is 0 Å². The third kappa shape index (κ3) is 3.18. The fourth-order valence-corrected chi connectivity index (χ4v) is 1.78. The molecule has 0 bridgehead atoms. The lowest BCUT2D eigenvalue weighted by atomic mass is 10.2. The molecule has 1 heterocycles. The SMILES string of the molecule is NNC(=O)c1cccc(OCC2CCCO2)c1. The summed E-state index contributed by atoms with van der Waals surface area (Å²) >= 11 is 0. The molecule has 3 N–H and O–H groups in total. The van der Waals surface area contributed by atoms with Gasteiger partial charge in [-0.3, -0.25) is 10.2 Å². The lowest BCUT2D eigenvalue weighted by molar-refractivity contribution is 0.0679. The molecule has 1 saturated heterocycles. The van der Waals surface area contributed by atoms with Gasteiger partial charge in [0.05, 0.1) is 6.10 Å². The van der Waals surface area contributed by atoms with Crippen LogP contribution in [0.5, 0.6) is 5.75 Å². The number of hydrazine groups is 1. The molecule has 1 unspecified atom stereocenters. The first-order chi connectivity index (χ1) is 8.29. The van der Waals surface area contributed by atoms with Crippen LogP contribution < -0.4 is 16.0 Å². The van der Waals surface area contributed by atoms with Crippen molar-refractivity contribution in [2.45, 2.75) is 18.9 Å². The summed E-state index contributed by atoms with van der Waals surface area (Å²) in [5.41, 5.74) is 2.57. The Kier molecular flexibility index (Phi) is 3.95. The van der Waals surface area contributed by atoms with Gasteiger partial charge in [-0.05, 0) is 31.0 Å². The number of benzene rings is 1. The maximum absolute atomic E-state index is 11.3. The Morgan fingerprint density at radius 2 is 2.47 bits per heavy atom. The third-order valence-corrected chi connectivity index (χ3v) is 2.69. The van der Waals surface area contributed by atoms with E-state index in [2.05, 4.69) is 5.43 Å². The average Bonchev–Trinajstić information content (AvgIpc) is 2.89. The highest BCUT2D eigenvalue weighted by molar-refractivity contribution is 5.94. The van der Waals surface area contributed by atoms with Gasteiger partial charge in [0, 0.05) is 12.2 Å². The predicted molar refractivity (Wildman–Crippen MR) is 62.6 cm³/mol. The number of nitrogens with two attached hydrogens (primary N) is 1. The molecule has 2 rings (SSSR count). The van der Waals surface area contributed by atoms with Gasteiger partial charge in [0.25, 0.3) is 5.91 Å². The van der Waals surface area contributed by atoms with Gasteiger partial charge < -0.3 is 9.47 Å². The number of carbonyl (C=O) groups is 1. The zero-order valence-corrected chi connectivity index (χ0v) is 9.52. The third-order valence-electron chi connectivity index (χ3n) is 2.69. The maximum Gasteiger partial charge on any atom is 0.265 e. The minimum atomic E-state index is -0.326. The summed E-state index contributed by atoms with van der Waals surface area (Å²) in [5.74, 6) is 5.40. The van der Waals surface area contributed by atoms with E-state index in [9.17, 15) is 4.79 Å². The van der Waals surface area contributed by atoms with Gasteiger partial charge in [-0.15, -0.1) is 0 Å². The fraction of sp³-hybridized carbons (Fsp3) is 0.417. The second-order valence-electron chi connectivity index (χ2n) is 3.95. The summed E-state index contributed by atoms with van der Waals surface area (Å²) in [7, 11) is 0. The number of hydrogen-bond acceptors (Lipinski definition) is 4. The van der Waals surface area contributed by atoms with E-state index in [-0.39, 0.29) is 12.0 Å². The van der Waals surface area contributed by atoms with Crippen LogP contribution in [-0.4, -0.2) is 25.2 Å². The van der Waals surface area contributed by atoms with E-state index in [0.717, 1.165) is 19.4 Å². The smallest absolute Gasteiger partial charge is 0.265 e. The van der Waals surface area contributed by atoms with Gasteiger partial charge in [0.15, 0.2) is 0 Å². The zero-order valence-electron chi connectivity index (χ0n) is 9.52. The fourth-order valence-electron chi connectivity index (χ4n) is 1.78. The molecule has 0 aliphatic carbocycles. The lowest BCUT2D eigenvalue weighted by Crippen LogP contribution is -2.29. The van der Waals surface area contributed by atoms with Crippen molar-refractivity contribution in [2.24, 2.45) is 5.84 Å². The molecule has 5 nitrogen and oxygen atoms in total. The molecule has 1 aromatic carbocycles. The summed E-state index contributed by atoms with van der Waals surface area (Å²) in [6.45, 7) is 1.33. The van der Waals surface area contributed by atoms with Crippen molar-refractivity contribution < 1.29 is 14.3 Å². The Labute approximate surface area is 99.9 Å². The summed E-state index contributed by atoms with van der Waals surface area (Å²) in [6.07, 6.45) is 2.29. The summed E-state index contributed by atoms with van der Waals surface area (Å²) in [5, 5.41) is 0. The van der Waals surface area contributed by atoms with Gasteiger partial charge in [0.1, 0.15) is 12.4 Å². The molecule has 0 aromatic heterocycles. The summed E-state index contributed by atoms with van der Waals surface area (Å²) in [4.78, 5) is 11.3. The number of nitrogen functional groups attached to an aromatic ring is 1. The van der Waals surface area contributed by atoms with E-state index in [1.165, 1.54) is 0 Å². The van der Waals surface area contributed by atoms with Crippen LogP contribution in [0.3, 0.4) is 0 Å². The number of amides is 1. The van der Waals surface area contributed by atoms with E-state index < -0.39 is 0 Å². The standard InChI is InChI=1S/C12H16N2O3/c13-14-12(15)9-3-1-4-10(7-9)17-8-11-5-2-6-16-11/h1,3-4,7,11H,2,5-6,8,13H2,(H,14,15). The van der Waals surface area contributed by atoms with Crippen molar-refractivity contribution in [2.75, 3.05) is 13.2 Å². The molecule has 1 amide bonds. The van der Waals surface area contributed by atoms with E-state index in [1.54, 1.807) is 18.2 Å². The van der Waals surface area contributed by atoms with E-state index >= 15 is 0 Å². The van der Waals surface area contributed by atoms with Crippen LogP contribution in [-0.2, 0) is 4.74 Å². The predicted octanol–water partition coefficient (Wildman–Crippen LogP) is 0.848. The maximum atomic E-state index is 11.3. The molecule has 17 heavy (non-hydrogen) atoms. The van der Waals surface area contributed by atoms with Crippen molar-refractivity contribution in [1.82, 2.24) is 5.43 Å². The highest BCUT2D eigenvalue weighted by atomic mass is 16.5. The van der Waals surface area contributed by atoms with Crippen LogP contribution in [0.1, 0.15) is 23.2 Å². The first-order valence-electron chi connectivity index (χ1n) is 5.65. The van der Waals surface area contributed by atoms with Crippen LogP contribution in [0.15, 0.2) is 24.3 Å². The number of rotatable bonds is 4. The molecule has 5 heteroatoms. The number of hydrogen-bond donors (Lipinski definition) is 2. The van der Waals surface area contributed by atoms with Gasteiger partial charge in [-0.25, -0.2) is 5.84 Å². The Morgan fingerprint density at radius 1 is 1.59 bits per heavy atom. The Hall–Kier alpha value is -1.59. The zero-order chi connectivity index (χ0) is 12.1. The molecule has 1 aliphatic heterocycles. The number of ether oxygens (including phenoxy) is 2. The molecule has 0 radical (unpaired) electrons. The van der Waals surface area contributed by atoms with Crippen molar-refractivity contribution in [3.05, 3.63) is 29.8 Å². The molecule has 0 spiro atoms. The monoisotopic (exact) mass is 236 g/mol. The summed E-state index contributed by atoms with van der Waals surface area (Å²) < 4.78 is 11.0. The molecule has 0 saturated carbocycles. The molecule has 1 fully saturated rings. The quantitative estimate of drug-likeness (QED) is 0.462. The Bertz CT molecular complexity index is 389. The number of nitrogens with one attached hydrogen (secondary N) is 1. The second-order valence-corrected chi connectivity index (χ2v) is 3.95. The van der Waals surface area contributed by atoms with Crippen molar-refractivity contribution >= 4 is 5.91 Å². The van der Waals surface area contributed by atoms with Gasteiger partial charge >= 0.3 is 0 Å². The lowest BCUT2D eigenvalue weighted by Gasteiger charge is -2.11. The first-order valence-corrected chi connectivity index (χ1v) is 5.65. The van der Waals surface area contributed by atoms with Crippen molar-refractivity contribution in [1.29, 1.82) is 0 Å². The largest absolute Gasteiger partial charge is 0.491 e. The molecular weight excluding hydrogens is 220 g/mol. The van der Waals surface area contributed by atoms with Gasteiger partial charge in [-0.1, -0.05) is 6.07 Å². The minimum absolute atomic E-state index is 0.169. The van der Waals surface area contributed by atoms with Crippen LogP contribution in [0.2, 0.25) is 0 Å². The summed E-state index contributed by atoms with van der Waals surface area (Å²) in [6, 6.07) is 6.91. The first kappa shape index (κ1) is 11.9. The van der Waals surface area contributed by atoms with Crippen LogP contribution in [0.4, 0.5) is 0 Å². The van der Waals surface area contributed by atoms with Gasteiger partial charge in [-0.2, -0.15) is 0 Å². The van der Waals surface area contributed by atoms with E-state index in [4.69, 9.17) is 15.3 Å². The normalized spacial score (nSPS) is 19.0. The van der Waals surface area contributed by atoms with E-state index in [1.807, 2.05) is 6.07 Å². The molecule has 1 aromatic rings. The number of carbonyl (C=O) groups excluding carboxylic acids is 1. The van der Waals surface area contributed by atoms with Crippen molar-refractivity contribution in [3.63, 3.8) is 0 Å². The van der Waals surface area contributed by atoms with Crippen LogP contribution in [0, 0.1) is 0 Å². The molecule has 1 atom stereocenters. The highest BCUT2D eigenvalue weighted by Gasteiger charge is 2.16. The Balaban J connectivity index is 1.93. The van der Waals surface area contributed by atoms with Crippen LogP contribution in [0.25, 0.3) is 0 Å². The minimum Gasteiger partial charge on any atom is -0.491 e. The average molecular weight is 236 g/mol. The Morgan fingerprint density at radius 3 is 3.18 bits per heavy atom. The van der Waals surface area contributed by atoms with E-state index in [0.29, 0.717) is 17.9 Å². The molecular formula is C12H16N2O3. The second kappa shape index (κ2) is 5.65. The molecule has 92 valence electrons. The van der Waals surface area contributed by atoms with Crippen molar-refractivity contribution in [3.8, 4) is 5.75 Å². The molecule has 1 aliphatic rings. The topological polar surface area (TPSA) is 73.6 Å². The van der Waals surface area contributed by atoms with Crippen LogP contribution >= 0.6 is 0 Å². The highest BCUT2D eigenvalue weighted by Crippen LogP contribution is 2.17.